The molecule has 6 heteroatoms. The molecular formula is C18H22N2O4. The minimum Gasteiger partial charge on any atom is -0.468 e. The summed E-state index contributed by atoms with van der Waals surface area (Å²) >= 11 is 0. The zero-order chi connectivity index (χ0) is 18.0. The van der Waals surface area contributed by atoms with Gasteiger partial charge in [0.2, 0.25) is 5.41 Å². The van der Waals surface area contributed by atoms with Crippen LogP contribution in [0.4, 0.5) is 5.69 Å². The second-order valence-corrected chi connectivity index (χ2v) is 6.45. The number of carbonyl (C=O) groups is 2. The first-order chi connectivity index (χ1) is 11.2. The molecule has 1 unspecified atom stereocenters. The molecule has 0 radical (unpaired) electrons. The third kappa shape index (κ3) is 3.13. The number of aromatic nitrogens is 1. The van der Waals surface area contributed by atoms with Crippen molar-refractivity contribution in [2.75, 3.05) is 12.8 Å². The monoisotopic (exact) mass is 330 g/mol. The molecule has 0 spiro atoms. The highest BCUT2D eigenvalue weighted by molar-refractivity contribution is 6.10. The lowest BCUT2D eigenvalue weighted by molar-refractivity contribution is -0.169. The van der Waals surface area contributed by atoms with Crippen molar-refractivity contribution in [3.8, 4) is 0 Å². The number of hydrogen-bond acceptors (Lipinski definition) is 5. The highest BCUT2D eigenvalue weighted by Gasteiger charge is 2.54. The van der Waals surface area contributed by atoms with Crippen molar-refractivity contribution in [1.29, 1.82) is 0 Å². The van der Waals surface area contributed by atoms with Crippen molar-refractivity contribution in [2.24, 2.45) is 0 Å². The first-order valence-corrected chi connectivity index (χ1v) is 7.53. The number of nitrogens with two attached hydrogens (primary N) is 1. The molecule has 0 fully saturated rings. The average Bonchev–Trinajstić information content (AvgIpc) is 3.00. The Labute approximate surface area is 141 Å². The molecule has 6 nitrogen and oxygen atoms in total. The van der Waals surface area contributed by atoms with Gasteiger partial charge in [-0.05, 0) is 50.6 Å². The molecule has 1 heterocycles. The van der Waals surface area contributed by atoms with Gasteiger partial charge in [0.05, 0.1) is 7.11 Å². The molecule has 0 saturated heterocycles. The van der Waals surface area contributed by atoms with Crippen molar-refractivity contribution in [2.45, 2.75) is 31.8 Å². The van der Waals surface area contributed by atoms with Gasteiger partial charge in [-0.3, -0.25) is 9.59 Å². The average molecular weight is 330 g/mol. The topological polar surface area (TPSA) is 94.4 Å². The molecule has 3 N–H and O–H groups in total. The number of rotatable bonds is 4. The number of H-pyrrole nitrogens is 1. The number of hydrogen-bond donors (Lipinski definition) is 2. The first-order valence-electron chi connectivity index (χ1n) is 7.53. The number of aromatic amines is 1. The van der Waals surface area contributed by atoms with Gasteiger partial charge in [0.25, 0.3) is 0 Å². The molecule has 1 aromatic heterocycles. The molecule has 1 aromatic carbocycles. The highest BCUT2D eigenvalue weighted by Crippen LogP contribution is 2.36. The molecule has 0 aliphatic carbocycles. The molecule has 2 rings (SSSR count). The van der Waals surface area contributed by atoms with E-state index in [4.69, 9.17) is 15.2 Å². The zero-order valence-corrected chi connectivity index (χ0v) is 14.3. The molecule has 128 valence electrons. The lowest BCUT2D eigenvalue weighted by Gasteiger charge is -2.32. The normalized spacial score (nSPS) is 13.8. The van der Waals surface area contributed by atoms with Crippen LogP contribution in [0, 0.1) is 0 Å². The van der Waals surface area contributed by atoms with E-state index in [0.717, 1.165) is 0 Å². The lowest BCUT2D eigenvalue weighted by atomic mass is 9.77. The summed E-state index contributed by atoms with van der Waals surface area (Å²) < 4.78 is 10.5. The summed E-state index contributed by atoms with van der Waals surface area (Å²) in [5, 5.41) is 0. The Hall–Kier alpha value is -2.76. The zero-order valence-electron chi connectivity index (χ0n) is 14.3. The van der Waals surface area contributed by atoms with Crippen LogP contribution in [0.25, 0.3) is 0 Å². The van der Waals surface area contributed by atoms with E-state index in [2.05, 4.69) is 4.98 Å². The summed E-state index contributed by atoms with van der Waals surface area (Å²) in [6.45, 7) is 5.21. The molecular weight excluding hydrogens is 308 g/mol. The third-order valence-corrected chi connectivity index (χ3v) is 3.52. The van der Waals surface area contributed by atoms with Crippen LogP contribution in [0.3, 0.4) is 0 Å². The van der Waals surface area contributed by atoms with E-state index < -0.39 is 23.0 Å². The van der Waals surface area contributed by atoms with Crippen LogP contribution in [0.15, 0.2) is 42.6 Å². The molecule has 0 bridgehead atoms. The summed E-state index contributed by atoms with van der Waals surface area (Å²) in [6, 6.07) is 9.92. The van der Waals surface area contributed by atoms with Crippen molar-refractivity contribution in [3.63, 3.8) is 0 Å². The van der Waals surface area contributed by atoms with E-state index in [0.29, 0.717) is 16.9 Å². The standard InChI is InChI=1S/C18H22N2O4/c1-17(2,3)24-16(22)18(15(21)23-4,14-9-6-10-20-14)12-7-5-8-13(19)11-12/h5-11,20H,19H2,1-4H3. The molecule has 0 aliphatic rings. The van der Waals surface area contributed by atoms with E-state index in [-0.39, 0.29) is 0 Å². The minimum absolute atomic E-state index is 0.356. The Kier molecular flexibility index (Phi) is 4.68. The summed E-state index contributed by atoms with van der Waals surface area (Å²) in [5.74, 6) is -1.47. The maximum absolute atomic E-state index is 13.1. The van der Waals surface area contributed by atoms with Crippen molar-refractivity contribution in [1.82, 2.24) is 4.98 Å². The van der Waals surface area contributed by atoms with Gasteiger partial charge in [-0.25, -0.2) is 0 Å². The second-order valence-electron chi connectivity index (χ2n) is 6.45. The van der Waals surface area contributed by atoms with Crippen molar-refractivity contribution < 1.29 is 19.1 Å². The third-order valence-electron chi connectivity index (χ3n) is 3.52. The Morgan fingerprint density at radius 2 is 1.79 bits per heavy atom. The molecule has 1 atom stereocenters. The van der Waals surface area contributed by atoms with Gasteiger partial charge >= 0.3 is 11.9 Å². The van der Waals surface area contributed by atoms with Crippen LogP contribution in [0.1, 0.15) is 32.0 Å². The molecule has 0 amide bonds. The fraction of sp³-hybridized carbons (Fsp3) is 0.333. The van der Waals surface area contributed by atoms with Gasteiger partial charge in [0.1, 0.15) is 5.60 Å². The van der Waals surface area contributed by atoms with Crippen LogP contribution in [-0.4, -0.2) is 29.6 Å². The number of methoxy groups -OCH3 is 1. The predicted molar refractivity (Wildman–Crippen MR) is 90.3 cm³/mol. The fourth-order valence-corrected chi connectivity index (χ4v) is 2.54. The maximum Gasteiger partial charge on any atom is 0.334 e. The molecule has 0 aliphatic heterocycles. The van der Waals surface area contributed by atoms with Crippen LogP contribution in [0.5, 0.6) is 0 Å². The Morgan fingerprint density at radius 1 is 1.08 bits per heavy atom. The number of ether oxygens (including phenoxy) is 2. The van der Waals surface area contributed by atoms with Crippen LogP contribution < -0.4 is 5.73 Å². The molecule has 2 aromatic rings. The van der Waals surface area contributed by atoms with Gasteiger partial charge in [-0.2, -0.15) is 0 Å². The highest BCUT2D eigenvalue weighted by atomic mass is 16.6. The summed E-state index contributed by atoms with van der Waals surface area (Å²) in [5.41, 5.74) is 4.47. The SMILES string of the molecule is COC(=O)C(C(=O)OC(C)(C)C)(c1cccc(N)c1)c1ccc[nH]1. The molecule has 24 heavy (non-hydrogen) atoms. The number of nitrogen functional groups attached to an aromatic ring is 1. The van der Waals surface area contributed by atoms with Crippen molar-refractivity contribution in [3.05, 3.63) is 53.9 Å². The number of anilines is 1. The van der Waals surface area contributed by atoms with Crippen molar-refractivity contribution >= 4 is 17.6 Å². The van der Waals surface area contributed by atoms with E-state index in [9.17, 15) is 9.59 Å². The van der Waals surface area contributed by atoms with E-state index in [1.54, 1.807) is 63.4 Å². The minimum atomic E-state index is -1.78. The maximum atomic E-state index is 13.1. The van der Waals surface area contributed by atoms with E-state index in [1.807, 2.05) is 0 Å². The van der Waals surface area contributed by atoms with Gasteiger partial charge in [-0.1, -0.05) is 12.1 Å². The summed E-state index contributed by atoms with van der Waals surface area (Å²) in [4.78, 5) is 28.8. The second kappa shape index (κ2) is 6.39. The van der Waals surface area contributed by atoms with Gasteiger partial charge in [0.15, 0.2) is 0 Å². The quantitative estimate of drug-likeness (QED) is 0.510. The Bertz CT molecular complexity index is 732. The smallest absolute Gasteiger partial charge is 0.334 e. The fourth-order valence-electron chi connectivity index (χ4n) is 2.54. The number of carbonyl (C=O) groups excluding carboxylic acids is 2. The first kappa shape index (κ1) is 17.6. The van der Waals surface area contributed by atoms with Gasteiger partial charge < -0.3 is 20.2 Å². The number of esters is 2. The number of benzene rings is 1. The van der Waals surface area contributed by atoms with Crippen LogP contribution in [0.2, 0.25) is 0 Å². The van der Waals surface area contributed by atoms with E-state index >= 15 is 0 Å². The Morgan fingerprint density at radius 3 is 2.29 bits per heavy atom. The van der Waals surface area contributed by atoms with Crippen LogP contribution >= 0.6 is 0 Å². The van der Waals surface area contributed by atoms with Gasteiger partial charge in [-0.15, -0.1) is 0 Å². The largest absolute Gasteiger partial charge is 0.468 e. The summed E-state index contributed by atoms with van der Waals surface area (Å²) in [7, 11) is 1.23. The lowest BCUT2D eigenvalue weighted by Crippen LogP contribution is -2.49. The van der Waals surface area contributed by atoms with Crippen LogP contribution in [-0.2, 0) is 24.5 Å². The van der Waals surface area contributed by atoms with Gasteiger partial charge in [0, 0.05) is 17.6 Å². The van der Waals surface area contributed by atoms with E-state index in [1.165, 1.54) is 7.11 Å². The number of nitrogens with one attached hydrogen (secondary N) is 1. The Balaban J connectivity index is 2.75. The summed E-state index contributed by atoms with van der Waals surface area (Å²) in [6.07, 6.45) is 1.63. The molecule has 0 saturated carbocycles. The predicted octanol–water partition coefficient (Wildman–Crippen LogP) is 2.40.